The van der Waals surface area contributed by atoms with Crippen molar-refractivity contribution in [1.82, 2.24) is 10.2 Å². The smallest absolute Gasteiger partial charge is 0.397 e. The van der Waals surface area contributed by atoms with Crippen LogP contribution in [0.3, 0.4) is 0 Å². The monoisotopic (exact) mass is 410 g/mol. The number of amides is 2. The Morgan fingerprint density at radius 2 is 2.08 bits per heavy atom. The van der Waals surface area contributed by atoms with Crippen molar-refractivity contribution in [3.8, 4) is 0 Å². The number of nitrogens with zero attached hydrogens (tertiary/aromatic N) is 1. The summed E-state index contributed by atoms with van der Waals surface area (Å²) in [6.45, 7) is 2.62. The summed E-state index contributed by atoms with van der Waals surface area (Å²) < 4.78 is 47.2. The Labute approximate surface area is 151 Å². The zero-order valence-electron chi connectivity index (χ0n) is 13.9. The van der Waals surface area contributed by atoms with Crippen LogP contribution >= 0.6 is 0 Å². The number of carbonyl (C=O) groups is 3. The zero-order chi connectivity index (χ0) is 19.8. The Hall–Kier alpha value is -1.83. The van der Waals surface area contributed by atoms with Crippen LogP contribution in [0.4, 0.5) is 0 Å². The van der Waals surface area contributed by atoms with Crippen molar-refractivity contribution in [3.63, 3.8) is 0 Å². The summed E-state index contributed by atoms with van der Waals surface area (Å²) in [6, 6.07) is -0.718. The van der Waals surface area contributed by atoms with E-state index in [9.17, 15) is 32.1 Å². The molecule has 0 spiro atoms. The SMILES string of the molecule is CC(=O)NCC[S@@](=O)C1=C(C(=O)O)N2C(=O)[C@H]([C@H](C)OS(=O)(=O)O)[C@H]2C1. The molecule has 0 saturated carbocycles. The van der Waals surface area contributed by atoms with E-state index in [2.05, 4.69) is 9.50 Å². The number of carboxylic acid groups (broad SMARTS) is 1. The Morgan fingerprint density at radius 1 is 1.46 bits per heavy atom. The second-order valence-corrected chi connectivity index (χ2v) is 8.48. The summed E-state index contributed by atoms with van der Waals surface area (Å²) in [5, 5.41) is 11.8. The van der Waals surface area contributed by atoms with Crippen molar-refractivity contribution in [3.05, 3.63) is 10.6 Å². The van der Waals surface area contributed by atoms with E-state index in [4.69, 9.17) is 4.55 Å². The Morgan fingerprint density at radius 3 is 2.58 bits per heavy atom. The summed E-state index contributed by atoms with van der Waals surface area (Å²) in [5.74, 6) is -3.45. The number of hydrogen-bond donors (Lipinski definition) is 3. The second-order valence-electron chi connectivity index (χ2n) is 5.84. The average molecular weight is 410 g/mol. The van der Waals surface area contributed by atoms with Crippen molar-refractivity contribution in [2.24, 2.45) is 5.92 Å². The molecule has 4 atom stereocenters. The zero-order valence-corrected chi connectivity index (χ0v) is 15.5. The highest BCUT2D eigenvalue weighted by atomic mass is 32.3. The molecule has 0 bridgehead atoms. The fraction of sp³-hybridized carbons (Fsp3) is 0.615. The van der Waals surface area contributed by atoms with Crippen LogP contribution < -0.4 is 5.32 Å². The number of rotatable bonds is 8. The first-order valence-electron chi connectivity index (χ1n) is 7.52. The van der Waals surface area contributed by atoms with E-state index in [1.807, 2.05) is 0 Å². The van der Waals surface area contributed by atoms with E-state index in [1.54, 1.807) is 0 Å². The predicted molar refractivity (Wildman–Crippen MR) is 87.2 cm³/mol. The maximum atomic E-state index is 12.4. The van der Waals surface area contributed by atoms with Gasteiger partial charge in [0.2, 0.25) is 11.8 Å². The molecule has 2 rings (SSSR count). The highest BCUT2D eigenvalue weighted by Crippen LogP contribution is 2.45. The number of nitrogens with one attached hydrogen (secondary N) is 1. The van der Waals surface area contributed by atoms with Crippen molar-refractivity contribution < 1.29 is 40.9 Å². The largest absolute Gasteiger partial charge is 0.477 e. The average Bonchev–Trinajstić information content (AvgIpc) is 2.80. The molecule has 13 heteroatoms. The van der Waals surface area contributed by atoms with Crippen molar-refractivity contribution in [2.45, 2.75) is 32.4 Å². The number of carbonyl (C=O) groups excluding carboxylic acids is 2. The van der Waals surface area contributed by atoms with Gasteiger partial charge in [-0.15, -0.1) is 0 Å². The van der Waals surface area contributed by atoms with Crippen LogP contribution in [0.25, 0.3) is 0 Å². The number of β-lactam (4-membered cyclic amide) rings is 1. The van der Waals surface area contributed by atoms with Crippen LogP contribution in [0.5, 0.6) is 0 Å². The normalized spacial score (nSPS) is 24.7. The first kappa shape index (κ1) is 20.5. The first-order chi connectivity index (χ1) is 11.9. The van der Waals surface area contributed by atoms with Crippen LogP contribution in [-0.4, -0.2) is 69.4 Å². The molecule has 0 radical (unpaired) electrons. The molecule has 0 aromatic rings. The Kier molecular flexibility index (Phi) is 5.85. The molecule has 2 amide bonds. The molecule has 0 unspecified atom stereocenters. The molecule has 0 aliphatic carbocycles. The molecule has 2 aliphatic rings. The standard InChI is InChI=1S/C13H18N2O9S2/c1-6(24-26(21,22)23)10-8-5-9(25(20)4-3-14-7(2)16)11(13(18)19)15(8)12(10)17/h6,8,10H,3-5H2,1-2H3,(H,14,16)(H,18,19)(H,21,22,23)/t6-,8+,10+,25+/m0/s1. The van der Waals surface area contributed by atoms with Gasteiger partial charge in [0.05, 0.1) is 28.9 Å². The number of carboxylic acids is 1. The van der Waals surface area contributed by atoms with E-state index in [0.29, 0.717) is 0 Å². The minimum Gasteiger partial charge on any atom is -0.477 e. The summed E-state index contributed by atoms with van der Waals surface area (Å²) in [7, 11) is -6.52. The molecule has 146 valence electrons. The minimum atomic E-state index is -4.78. The van der Waals surface area contributed by atoms with Gasteiger partial charge in [0.15, 0.2) is 0 Å². The highest BCUT2D eigenvalue weighted by Gasteiger charge is 2.58. The van der Waals surface area contributed by atoms with Crippen molar-refractivity contribution in [1.29, 1.82) is 0 Å². The lowest BCUT2D eigenvalue weighted by Gasteiger charge is -2.45. The first-order valence-corrected chi connectivity index (χ1v) is 10.2. The van der Waals surface area contributed by atoms with Crippen LogP contribution in [0.15, 0.2) is 10.6 Å². The molecule has 0 aromatic heterocycles. The molecule has 26 heavy (non-hydrogen) atoms. The summed E-state index contributed by atoms with van der Waals surface area (Å²) in [5.41, 5.74) is -0.392. The van der Waals surface area contributed by atoms with E-state index in [0.717, 1.165) is 4.90 Å². The van der Waals surface area contributed by atoms with Gasteiger partial charge < -0.3 is 15.3 Å². The van der Waals surface area contributed by atoms with E-state index < -0.39 is 56.8 Å². The molecule has 0 aromatic carbocycles. The lowest BCUT2D eigenvalue weighted by atomic mass is 9.83. The van der Waals surface area contributed by atoms with Gasteiger partial charge in [0, 0.05) is 30.5 Å². The van der Waals surface area contributed by atoms with E-state index in [-0.39, 0.29) is 29.5 Å². The quantitative estimate of drug-likeness (QED) is 0.322. The van der Waals surface area contributed by atoms with Crippen molar-refractivity contribution >= 4 is 39.0 Å². The van der Waals surface area contributed by atoms with Gasteiger partial charge in [-0.3, -0.25) is 18.4 Å². The molecule has 1 fully saturated rings. The molecule has 2 aliphatic heterocycles. The third kappa shape index (κ3) is 4.11. The predicted octanol–water partition coefficient (Wildman–Crippen LogP) is -1.39. The van der Waals surface area contributed by atoms with Gasteiger partial charge in [0.1, 0.15) is 5.70 Å². The van der Waals surface area contributed by atoms with Gasteiger partial charge in [-0.1, -0.05) is 0 Å². The lowest BCUT2D eigenvalue weighted by Crippen LogP contribution is -2.62. The van der Waals surface area contributed by atoms with Crippen molar-refractivity contribution in [2.75, 3.05) is 12.3 Å². The maximum Gasteiger partial charge on any atom is 0.397 e. The Bertz CT molecular complexity index is 804. The molecule has 11 nitrogen and oxygen atoms in total. The Balaban J connectivity index is 2.17. The van der Waals surface area contributed by atoms with Crippen LogP contribution in [-0.2, 0) is 39.8 Å². The van der Waals surface area contributed by atoms with Crippen LogP contribution in [0.1, 0.15) is 20.3 Å². The van der Waals surface area contributed by atoms with Crippen LogP contribution in [0.2, 0.25) is 0 Å². The van der Waals surface area contributed by atoms with Gasteiger partial charge in [-0.2, -0.15) is 8.42 Å². The van der Waals surface area contributed by atoms with Gasteiger partial charge >= 0.3 is 16.4 Å². The molecular formula is C13H18N2O9S2. The van der Waals surface area contributed by atoms with E-state index in [1.165, 1.54) is 13.8 Å². The molecule has 1 saturated heterocycles. The third-order valence-corrected chi connectivity index (χ3v) is 6.12. The van der Waals surface area contributed by atoms with E-state index >= 15 is 0 Å². The minimum absolute atomic E-state index is 0.0239. The van der Waals surface area contributed by atoms with Gasteiger partial charge in [-0.25, -0.2) is 8.98 Å². The summed E-state index contributed by atoms with van der Waals surface area (Å²) in [6.07, 6.45) is -1.23. The maximum absolute atomic E-state index is 12.4. The summed E-state index contributed by atoms with van der Waals surface area (Å²) >= 11 is 0. The third-order valence-electron chi connectivity index (χ3n) is 4.09. The number of fused-ring (bicyclic) bond motifs is 1. The fourth-order valence-electron chi connectivity index (χ4n) is 3.11. The molecular weight excluding hydrogens is 392 g/mol. The van der Waals surface area contributed by atoms with Gasteiger partial charge in [-0.05, 0) is 6.92 Å². The molecule has 3 N–H and O–H groups in total. The fourth-order valence-corrected chi connectivity index (χ4v) is 4.91. The lowest BCUT2D eigenvalue weighted by molar-refractivity contribution is -0.160. The van der Waals surface area contributed by atoms with Crippen LogP contribution in [0, 0.1) is 5.92 Å². The number of hydrogen-bond acceptors (Lipinski definition) is 7. The summed E-state index contributed by atoms with van der Waals surface area (Å²) in [4.78, 5) is 35.6. The second kappa shape index (κ2) is 7.42. The highest BCUT2D eigenvalue weighted by molar-refractivity contribution is 7.89. The molecule has 2 heterocycles. The topological polar surface area (TPSA) is 167 Å². The number of aliphatic carboxylic acids is 1. The van der Waals surface area contributed by atoms with Gasteiger partial charge in [0.25, 0.3) is 0 Å².